The van der Waals surface area contributed by atoms with Gasteiger partial charge in [-0.1, -0.05) is 31.7 Å². The van der Waals surface area contributed by atoms with Gasteiger partial charge in [0.2, 0.25) is 5.91 Å². The number of ether oxygens (including phenoxy) is 2. The van der Waals surface area contributed by atoms with Crippen LogP contribution in [0.25, 0.3) is 0 Å². The molecule has 1 aliphatic rings. The van der Waals surface area contributed by atoms with E-state index in [2.05, 4.69) is 34.5 Å². The average Bonchev–Trinajstić information content (AvgIpc) is 2.77. The van der Waals surface area contributed by atoms with Gasteiger partial charge >= 0.3 is 11.9 Å². The van der Waals surface area contributed by atoms with Crippen LogP contribution in [0.15, 0.2) is 38.2 Å². The van der Waals surface area contributed by atoms with Crippen LogP contribution in [-0.2, 0) is 28.7 Å². The maximum Gasteiger partial charge on any atom is 0.313 e. The molecule has 1 unspecified atom stereocenters. The van der Waals surface area contributed by atoms with Crippen LogP contribution in [0, 0.1) is 5.92 Å². The Morgan fingerprint density at radius 3 is 2.27 bits per heavy atom. The Labute approximate surface area is 155 Å². The van der Waals surface area contributed by atoms with E-state index >= 15 is 0 Å². The first-order valence-electron chi connectivity index (χ1n) is 8.22. The van der Waals surface area contributed by atoms with Crippen molar-refractivity contribution >= 4 is 23.6 Å². The summed E-state index contributed by atoms with van der Waals surface area (Å²) in [6, 6.07) is 0. The van der Waals surface area contributed by atoms with E-state index in [0.717, 1.165) is 32.1 Å². The second kappa shape index (κ2) is 17.1. The van der Waals surface area contributed by atoms with Crippen LogP contribution in [-0.4, -0.2) is 36.8 Å². The number of carbonyl (C=O) groups is 4. The first-order chi connectivity index (χ1) is 12.3. The van der Waals surface area contributed by atoms with Crippen molar-refractivity contribution in [2.24, 2.45) is 5.92 Å². The monoisotopic (exact) mass is 367 g/mol. The summed E-state index contributed by atoms with van der Waals surface area (Å²) in [7, 11) is 0. The summed E-state index contributed by atoms with van der Waals surface area (Å²) in [6.45, 7) is 13.8. The molecule has 146 valence electrons. The second-order valence-electron chi connectivity index (χ2n) is 5.26. The lowest BCUT2D eigenvalue weighted by Crippen LogP contribution is -2.27. The molecular formula is C19H29NO6. The quantitative estimate of drug-likeness (QED) is 0.335. The van der Waals surface area contributed by atoms with E-state index in [1.54, 1.807) is 6.08 Å². The van der Waals surface area contributed by atoms with Crippen molar-refractivity contribution in [3.8, 4) is 0 Å². The number of amides is 1. The van der Waals surface area contributed by atoms with E-state index in [4.69, 9.17) is 0 Å². The summed E-state index contributed by atoms with van der Waals surface area (Å²) in [5.41, 5.74) is 0. The molecule has 0 bridgehead atoms. The third-order valence-corrected chi connectivity index (χ3v) is 2.87. The predicted molar refractivity (Wildman–Crippen MR) is 99.0 cm³/mol. The lowest BCUT2D eigenvalue weighted by atomic mass is 10.0. The zero-order valence-electron chi connectivity index (χ0n) is 15.6. The van der Waals surface area contributed by atoms with E-state index < -0.39 is 5.97 Å². The zero-order chi connectivity index (χ0) is 20.4. The van der Waals surface area contributed by atoms with Gasteiger partial charge < -0.3 is 14.8 Å². The Kier molecular flexibility index (Phi) is 16.8. The highest BCUT2D eigenvalue weighted by molar-refractivity contribution is 5.94. The average molecular weight is 367 g/mol. The van der Waals surface area contributed by atoms with Gasteiger partial charge in [0, 0.05) is 13.5 Å². The predicted octanol–water partition coefficient (Wildman–Crippen LogP) is 2.48. The normalized spacial score (nSPS) is 15.2. The highest BCUT2D eigenvalue weighted by Crippen LogP contribution is 2.12. The SMILES string of the molecule is C=CC1CCCCNC1=O.C=CCOC(=O)CC(C)=O.C=COC(C)=O. The van der Waals surface area contributed by atoms with E-state index in [-0.39, 0.29) is 36.6 Å². The van der Waals surface area contributed by atoms with E-state index in [1.807, 2.05) is 0 Å². The molecule has 0 radical (unpaired) electrons. The number of hydrogen-bond acceptors (Lipinski definition) is 6. The first kappa shape index (κ1) is 25.5. The number of ketones is 1. The van der Waals surface area contributed by atoms with Crippen LogP contribution in [0.2, 0.25) is 0 Å². The van der Waals surface area contributed by atoms with Gasteiger partial charge in [0.1, 0.15) is 18.8 Å². The van der Waals surface area contributed by atoms with Gasteiger partial charge in [-0.2, -0.15) is 0 Å². The third-order valence-electron chi connectivity index (χ3n) is 2.87. The number of rotatable bonds is 6. The molecule has 1 aliphatic heterocycles. The summed E-state index contributed by atoms with van der Waals surface area (Å²) in [5.74, 6) is -0.804. The summed E-state index contributed by atoms with van der Waals surface area (Å²) in [4.78, 5) is 41.6. The fraction of sp³-hybridized carbons (Fsp3) is 0.474. The van der Waals surface area contributed by atoms with Gasteiger partial charge in [0.15, 0.2) is 0 Å². The molecule has 1 atom stereocenters. The topological polar surface area (TPSA) is 98.8 Å². The van der Waals surface area contributed by atoms with Crippen molar-refractivity contribution in [3.05, 3.63) is 38.2 Å². The third kappa shape index (κ3) is 17.7. The minimum Gasteiger partial charge on any atom is -0.461 e. The van der Waals surface area contributed by atoms with E-state index in [0.29, 0.717) is 0 Å². The molecular weight excluding hydrogens is 338 g/mol. The number of nitrogens with one attached hydrogen (secondary N) is 1. The molecule has 7 nitrogen and oxygen atoms in total. The highest BCUT2D eigenvalue weighted by Gasteiger charge is 2.16. The van der Waals surface area contributed by atoms with Crippen molar-refractivity contribution in [2.45, 2.75) is 39.5 Å². The lowest BCUT2D eigenvalue weighted by Gasteiger charge is -2.05. The Balaban J connectivity index is 0. The van der Waals surface area contributed by atoms with Gasteiger partial charge in [-0.15, -0.1) is 6.58 Å². The summed E-state index contributed by atoms with van der Waals surface area (Å²) in [6.07, 6.45) is 7.36. The summed E-state index contributed by atoms with van der Waals surface area (Å²) in [5, 5.41) is 2.84. The summed E-state index contributed by atoms with van der Waals surface area (Å²) >= 11 is 0. The molecule has 7 heteroatoms. The molecule has 0 spiro atoms. The van der Waals surface area contributed by atoms with Crippen molar-refractivity contribution in [3.63, 3.8) is 0 Å². The van der Waals surface area contributed by atoms with Gasteiger partial charge in [0.25, 0.3) is 0 Å². The molecule has 0 saturated carbocycles. The van der Waals surface area contributed by atoms with E-state index in [9.17, 15) is 19.2 Å². The van der Waals surface area contributed by atoms with Gasteiger partial charge in [-0.05, 0) is 19.8 Å². The maximum atomic E-state index is 11.1. The molecule has 1 amide bonds. The largest absolute Gasteiger partial charge is 0.461 e. The molecule has 1 saturated heterocycles. The second-order valence-corrected chi connectivity index (χ2v) is 5.26. The molecule has 0 aliphatic carbocycles. The van der Waals surface area contributed by atoms with Gasteiger partial charge in [-0.3, -0.25) is 19.2 Å². The van der Waals surface area contributed by atoms with Gasteiger partial charge in [0.05, 0.1) is 12.2 Å². The fourth-order valence-electron chi connectivity index (χ4n) is 1.71. The number of carbonyl (C=O) groups excluding carboxylic acids is 4. The molecule has 0 aromatic heterocycles. The van der Waals surface area contributed by atoms with Crippen LogP contribution in [0.1, 0.15) is 39.5 Å². The van der Waals surface area contributed by atoms with Crippen LogP contribution in [0.5, 0.6) is 0 Å². The molecule has 26 heavy (non-hydrogen) atoms. The van der Waals surface area contributed by atoms with Crippen LogP contribution < -0.4 is 5.32 Å². The Bertz CT molecular complexity index is 498. The number of Topliss-reactive ketones (excluding diaryl/α,β-unsaturated/α-hetero) is 1. The molecule has 1 heterocycles. The first-order valence-corrected chi connectivity index (χ1v) is 8.22. The zero-order valence-corrected chi connectivity index (χ0v) is 15.6. The highest BCUT2D eigenvalue weighted by atomic mass is 16.5. The van der Waals surface area contributed by atoms with Crippen molar-refractivity contribution in [1.29, 1.82) is 0 Å². The van der Waals surface area contributed by atoms with Gasteiger partial charge in [-0.25, -0.2) is 0 Å². The number of hydrogen-bond donors (Lipinski definition) is 1. The lowest BCUT2D eigenvalue weighted by molar-refractivity contribution is -0.144. The molecule has 1 fully saturated rings. The standard InChI is InChI=1S/C8H13NO.C7H10O3.C4H6O2/c1-2-7-5-3-4-6-9-8(7)10;1-3-4-10-7(9)5-6(2)8;1-3-6-4(2)5/h2,7H,1,3-6H2,(H,9,10);3H,1,4-5H2,2H3;3H,1H2,2H3. The minimum absolute atomic E-state index is 0.0579. The van der Waals surface area contributed by atoms with Crippen LogP contribution in [0.4, 0.5) is 0 Å². The summed E-state index contributed by atoms with van der Waals surface area (Å²) < 4.78 is 8.69. The van der Waals surface area contributed by atoms with Crippen molar-refractivity contribution < 1.29 is 28.7 Å². The smallest absolute Gasteiger partial charge is 0.313 e. The van der Waals surface area contributed by atoms with Crippen molar-refractivity contribution in [2.75, 3.05) is 13.2 Å². The van der Waals surface area contributed by atoms with Crippen molar-refractivity contribution in [1.82, 2.24) is 5.32 Å². The number of esters is 2. The van der Waals surface area contributed by atoms with Crippen LogP contribution >= 0.6 is 0 Å². The van der Waals surface area contributed by atoms with Crippen LogP contribution in [0.3, 0.4) is 0 Å². The fourth-order valence-corrected chi connectivity index (χ4v) is 1.71. The Morgan fingerprint density at radius 2 is 1.85 bits per heavy atom. The van der Waals surface area contributed by atoms with E-state index in [1.165, 1.54) is 19.9 Å². The Morgan fingerprint density at radius 1 is 1.19 bits per heavy atom. The molecule has 1 N–H and O–H groups in total. The Hall–Kier alpha value is -2.70. The minimum atomic E-state index is -0.493. The maximum absolute atomic E-state index is 11.1. The molecule has 1 rings (SSSR count). The molecule has 0 aromatic carbocycles. The molecule has 0 aromatic rings.